The number of hydrogen-bond donors (Lipinski definition) is 6. The molecule has 0 bridgehead atoms. The molecule has 0 aliphatic carbocycles. The molecule has 95 heavy (non-hydrogen) atoms. The number of nitrogen functional groups attached to an aromatic ring is 1. The maximum atomic E-state index is 14.8. The number of hydrazine groups is 1. The Kier molecular flexibility index (Phi) is 34.0. The average Bonchev–Trinajstić information content (AvgIpc) is 1.72. The van der Waals surface area contributed by atoms with Crippen LogP contribution in [0.4, 0.5) is 18.9 Å². The van der Waals surface area contributed by atoms with Crippen LogP contribution < -0.4 is 44.5 Å². The number of carbonyl (C=O) groups is 3. The molecule has 0 saturated heterocycles. The van der Waals surface area contributed by atoms with Crippen molar-refractivity contribution in [3.63, 3.8) is 0 Å². The van der Waals surface area contributed by atoms with Gasteiger partial charge in [-0.15, -0.1) is 5.10 Å². The Morgan fingerprint density at radius 3 is 1.24 bits per heavy atom. The highest BCUT2D eigenvalue weighted by atomic mass is 35.5. The van der Waals surface area contributed by atoms with E-state index in [1.54, 1.807) is 6.92 Å². The van der Waals surface area contributed by atoms with Crippen molar-refractivity contribution in [2.45, 2.75) is 131 Å². The first kappa shape index (κ1) is 84.6. The van der Waals surface area contributed by atoms with Gasteiger partial charge in [-0.05, 0) is 165 Å². The summed E-state index contributed by atoms with van der Waals surface area (Å²) >= 11 is 5.32. The number of aryl methyl sites for hydroxylation is 7. The molecule has 0 unspecified atom stereocenters. The van der Waals surface area contributed by atoms with Crippen molar-refractivity contribution in [1.82, 2.24) is 29.5 Å². The van der Waals surface area contributed by atoms with E-state index in [9.17, 15) is 52.8 Å². The highest BCUT2D eigenvalue weighted by Crippen LogP contribution is 2.26. The number of halogens is 5. The molecule has 0 fully saturated rings. The quantitative estimate of drug-likeness (QED) is 0.0171. The normalized spacial score (nSPS) is 10.7. The lowest BCUT2D eigenvalue weighted by atomic mass is 10.00. The number of carbonyl (C=O) groups excluding carboxylic acids is 3. The monoisotopic (exact) mass is 1420 g/mol. The number of aromatic nitrogens is 6. The van der Waals surface area contributed by atoms with Crippen molar-refractivity contribution >= 4 is 70.4 Å². The van der Waals surface area contributed by atoms with Crippen LogP contribution in [0, 0.1) is 59.0 Å². The summed E-state index contributed by atoms with van der Waals surface area (Å²) in [4.78, 5) is 40.1. The molecule has 2 heterocycles. The first-order valence-corrected chi connectivity index (χ1v) is 32.7. The third-order valence-electron chi connectivity index (χ3n) is 13.2. The van der Waals surface area contributed by atoms with Crippen LogP contribution >= 0.6 is 11.6 Å². The van der Waals surface area contributed by atoms with Crippen LogP contribution in [0.1, 0.15) is 116 Å². The summed E-state index contributed by atoms with van der Waals surface area (Å²) in [5.41, 5.74) is 11.9. The third-order valence-corrected chi connectivity index (χ3v) is 16.1. The van der Waals surface area contributed by atoms with E-state index in [0.29, 0.717) is 49.8 Å². The van der Waals surface area contributed by atoms with Crippen LogP contribution in [-0.2, 0) is 91.0 Å². The van der Waals surface area contributed by atoms with Crippen LogP contribution in [0.25, 0.3) is 11.4 Å². The van der Waals surface area contributed by atoms with Gasteiger partial charge in [0.2, 0.25) is 41.9 Å². The van der Waals surface area contributed by atoms with Gasteiger partial charge < -0.3 is 32.0 Å². The topological polar surface area (TPSA) is 384 Å². The Bertz CT molecular complexity index is 4270. The Balaban J connectivity index is 0.000000631. The number of benzene rings is 6. The highest BCUT2D eigenvalue weighted by molar-refractivity contribution is 7.89. The van der Waals surface area contributed by atoms with Gasteiger partial charge >= 0.3 is 17.8 Å². The van der Waals surface area contributed by atoms with Crippen molar-refractivity contribution in [1.29, 1.82) is 0 Å². The molecule has 0 aliphatic heterocycles. The first-order valence-electron chi connectivity index (χ1n) is 27.7. The minimum atomic E-state index is -4.05. The second-order valence-electron chi connectivity index (χ2n) is 20.2. The Morgan fingerprint density at radius 2 is 0.916 bits per heavy atom. The maximum Gasteiger partial charge on any atom is 0.372 e. The SMILES string of the molecule is C.C.CC(=O)OCc1nc(Cc2c(C)cccc2C)n(-c2ccc(S(N)(=O)=O)cc2F)n1.CCOC(=[NH2+])COC(C)=O.CCc1nc(Cc2c(C)cccc2C)n(-c2ccc(S(N)(=O)=O)cc2F)n1.Cc1cccc(C)c1CC(=O)Cl.NNc1ccc(S(N)(=O)=O)cc1F.[Cl-]. The molecule has 32 heteroatoms. The number of sulfonamides is 3. The number of nitrogens with one attached hydrogen (secondary N) is 1. The van der Waals surface area contributed by atoms with Crippen molar-refractivity contribution in [2.24, 2.45) is 21.3 Å². The fraction of sp³-hybridized carbons (Fsp3) is 0.302. The second-order valence-corrected chi connectivity index (χ2v) is 25.3. The zero-order chi connectivity index (χ0) is 69.0. The predicted octanol–water partition coefficient (Wildman–Crippen LogP) is 4.54. The lowest BCUT2D eigenvalue weighted by Gasteiger charge is -2.11. The molecule has 0 saturated carbocycles. The predicted molar refractivity (Wildman–Crippen MR) is 352 cm³/mol. The van der Waals surface area contributed by atoms with Crippen molar-refractivity contribution < 1.29 is 84.8 Å². The number of primary sulfonamides is 3. The molecule has 0 aliphatic rings. The summed E-state index contributed by atoms with van der Waals surface area (Å²) in [5.74, 6) is 3.79. The lowest BCUT2D eigenvalue weighted by molar-refractivity contribution is -0.157. The molecule has 0 radical (unpaired) electrons. The van der Waals surface area contributed by atoms with Gasteiger partial charge in [0.25, 0.3) is 0 Å². The number of esters is 2. The molecule has 518 valence electrons. The van der Waals surface area contributed by atoms with Crippen LogP contribution in [0.15, 0.2) is 124 Å². The fourth-order valence-corrected chi connectivity index (χ4v) is 10.2. The molecule has 6 aromatic carbocycles. The third kappa shape index (κ3) is 26.0. The van der Waals surface area contributed by atoms with Crippen LogP contribution in [0.3, 0.4) is 0 Å². The van der Waals surface area contributed by atoms with Crippen molar-refractivity contribution in [2.75, 3.05) is 18.6 Å². The van der Waals surface area contributed by atoms with Gasteiger partial charge in [0.1, 0.15) is 40.5 Å². The summed E-state index contributed by atoms with van der Waals surface area (Å²) in [7, 11) is -11.9. The van der Waals surface area contributed by atoms with Crippen molar-refractivity contribution in [3.05, 3.63) is 200 Å². The second kappa shape index (κ2) is 38.2. The smallest absolute Gasteiger partial charge is 0.372 e. The van der Waals surface area contributed by atoms with Crippen LogP contribution in [-0.4, -0.2) is 91.1 Å². The molecule has 11 N–H and O–H groups in total. The number of nitrogens with zero attached hydrogens (tertiary/aromatic N) is 6. The van der Waals surface area contributed by atoms with E-state index in [-0.39, 0.29) is 95.2 Å². The summed E-state index contributed by atoms with van der Waals surface area (Å²) in [6, 6.07) is 27.8. The molecule has 8 rings (SSSR count). The van der Waals surface area contributed by atoms with E-state index >= 15 is 0 Å². The number of rotatable bonds is 18. The minimum absolute atomic E-state index is 0. The molecular weight excluding hydrogens is 1340 g/mol. The van der Waals surface area contributed by atoms with Gasteiger partial charge in [0, 0.05) is 39.5 Å². The van der Waals surface area contributed by atoms with E-state index < -0.39 is 53.5 Å². The van der Waals surface area contributed by atoms with Gasteiger partial charge in [-0.25, -0.2) is 78.6 Å². The van der Waals surface area contributed by atoms with Crippen LogP contribution in [0.5, 0.6) is 0 Å². The van der Waals surface area contributed by atoms with E-state index in [2.05, 4.69) is 30.3 Å². The zero-order valence-electron chi connectivity index (χ0n) is 52.4. The summed E-state index contributed by atoms with van der Waals surface area (Å²) < 4.78 is 127. The molecule has 8 aromatic rings. The van der Waals surface area contributed by atoms with Crippen molar-refractivity contribution in [3.8, 4) is 11.4 Å². The molecule has 2 aromatic heterocycles. The summed E-state index contributed by atoms with van der Waals surface area (Å²) in [6.45, 7) is 18.6. The van der Waals surface area contributed by atoms with Gasteiger partial charge in [0.15, 0.2) is 18.3 Å². The van der Waals surface area contributed by atoms with E-state index in [1.807, 2.05) is 103 Å². The lowest BCUT2D eigenvalue weighted by Crippen LogP contribution is -3.00. The number of nitrogens with two attached hydrogens (primary N) is 5. The standard InChI is InChI=1S/C20H21FN4O4S.C19H21FN4O2S.C10H11ClO.C6H8FN3O2S.C6H11NO3.2CH4.ClH/c1-12-5-4-6-13(2)16(12)10-20-23-19(11-29-14(3)26)24-25(20)18-8-7-15(9-17(18)21)30(22,27)28;1-4-18-22-19(11-15-12(2)6-5-7-13(15)3)24(23-18)17-9-8-14(10-16(17)20)27(21,25)26;1-7-4-3-5-8(2)9(7)6-10(11)12;7-5-3-4(13(9,11)12)1-2-6(5)10-8;1-3-9-6(7)4-10-5(2)8;;;/h4-9H,10-11H2,1-3H3,(H2,22,27,28);5-10H,4,11H2,1-3H3,(H2,21,25,26);3-5H,6H2,1-2H3;1-3,10H,8H2,(H2,9,11,12);7H,3-4H2,1-2H3;2*1H4;1H. The summed E-state index contributed by atoms with van der Waals surface area (Å²) in [6.07, 6.45) is 1.77. The minimum Gasteiger partial charge on any atom is -1.00 e. The van der Waals surface area contributed by atoms with E-state index in [0.717, 1.165) is 74.3 Å². The molecule has 24 nitrogen and oxygen atoms in total. The fourth-order valence-electron chi connectivity index (χ4n) is 8.48. The van der Waals surface area contributed by atoms with Crippen LogP contribution in [0.2, 0.25) is 0 Å². The maximum absolute atomic E-state index is 14.8. The van der Waals surface area contributed by atoms with E-state index in [4.69, 9.17) is 47.7 Å². The van der Waals surface area contributed by atoms with Gasteiger partial charge in [-0.3, -0.25) is 20.2 Å². The Labute approximate surface area is 564 Å². The first-order chi connectivity index (χ1) is 43.0. The van der Waals surface area contributed by atoms with Gasteiger partial charge in [-0.1, -0.05) is 76.4 Å². The average molecular weight is 1420 g/mol. The van der Waals surface area contributed by atoms with Gasteiger partial charge in [-0.2, -0.15) is 5.10 Å². The molecule has 0 amide bonds. The molecule has 0 atom stereocenters. The largest absolute Gasteiger partial charge is 1.00 e. The number of anilines is 1. The Morgan fingerprint density at radius 1 is 0.558 bits per heavy atom. The van der Waals surface area contributed by atoms with E-state index in [1.165, 1.54) is 53.5 Å². The molecule has 0 spiro atoms. The highest BCUT2D eigenvalue weighted by Gasteiger charge is 2.22. The molecular formula is C63H81Cl2F3N12O12S3. The van der Waals surface area contributed by atoms with Gasteiger partial charge in [0.05, 0.1) is 27.0 Å². The number of hydrogen-bond acceptors (Lipinski definition) is 18. The number of ether oxygens (including phenoxy) is 3. The zero-order valence-corrected chi connectivity index (χ0v) is 56.4. The Hall–Kier alpha value is -8.46. The summed E-state index contributed by atoms with van der Waals surface area (Å²) in [5, 5.41) is 28.5.